The fourth-order valence-electron chi connectivity index (χ4n) is 2.10. The van der Waals surface area contributed by atoms with Gasteiger partial charge in [-0.3, -0.25) is 9.78 Å². The summed E-state index contributed by atoms with van der Waals surface area (Å²) in [7, 11) is 0. The molecular formula is C18H11F2NO. The van der Waals surface area contributed by atoms with Crippen molar-refractivity contribution in [1.29, 1.82) is 0 Å². The van der Waals surface area contributed by atoms with E-state index in [2.05, 4.69) is 4.98 Å². The number of hydrogen-bond acceptors (Lipinski definition) is 2. The largest absolute Gasteiger partial charge is 0.289 e. The minimum atomic E-state index is -1.04. The number of ketones is 1. The summed E-state index contributed by atoms with van der Waals surface area (Å²) in [5.74, 6) is -2.40. The highest BCUT2D eigenvalue weighted by Crippen LogP contribution is 2.14. The van der Waals surface area contributed by atoms with Gasteiger partial charge in [-0.1, -0.05) is 18.2 Å². The Morgan fingerprint density at radius 1 is 1.00 bits per heavy atom. The molecule has 0 fully saturated rings. The summed E-state index contributed by atoms with van der Waals surface area (Å²) >= 11 is 0. The summed E-state index contributed by atoms with van der Waals surface area (Å²) < 4.78 is 26.0. The predicted octanol–water partition coefficient (Wildman–Crippen LogP) is 4.41. The van der Waals surface area contributed by atoms with Gasteiger partial charge in [0, 0.05) is 17.1 Å². The van der Waals surface area contributed by atoms with E-state index < -0.39 is 17.4 Å². The smallest absolute Gasteiger partial charge is 0.185 e. The number of rotatable bonds is 3. The van der Waals surface area contributed by atoms with Crippen LogP contribution in [-0.4, -0.2) is 10.8 Å². The number of fused-ring (bicyclic) bond motifs is 1. The van der Waals surface area contributed by atoms with Gasteiger partial charge in [-0.25, -0.2) is 8.78 Å². The topological polar surface area (TPSA) is 30.0 Å². The Labute approximate surface area is 125 Å². The van der Waals surface area contributed by atoms with Gasteiger partial charge in [0.1, 0.15) is 0 Å². The summed E-state index contributed by atoms with van der Waals surface area (Å²) in [6, 6.07) is 12.6. The van der Waals surface area contributed by atoms with Gasteiger partial charge in [0.15, 0.2) is 17.4 Å². The molecule has 4 heteroatoms. The van der Waals surface area contributed by atoms with Gasteiger partial charge < -0.3 is 0 Å². The molecule has 22 heavy (non-hydrogen) atoms. The van der Waals surface area contributed by atoms with E-state index >= 15 is 0 Å². The monoisotopic (exact) mass is 295 g/mol. The third kappa shape index (κ3) is 2.91. The third-order valence-electron chi connectivity index (χ3n) is 3.24. The fourth-order valence-corrected chi connectivity index (χ4v) is 2.10. The van der Waals surface area contributed by atoms with Crippen LogP contribution in [0.4, 0.5) is 8.78 Å². The maximum atomic E-state index is 13.1. The highest BCUT2D eigenvalue weighted by Gasteiger charge is 2.07. The average Bonchev–Trinajstić information content (AvgIpc) is 2.55. The Bertz CT molecular complexity index is 887. The first-order valence-electron chi connectivity index (χ1n) is 6.66. The standard InChI is InChI=1S/C18H11F2NO/c19-15-7-6-14(10-16(15)20)18(22)8-5-12-9-13-3-1-2-4-17(13)21-11-12/h1-11H/b8-5+. The number of nitrogens with zero attached hydrogens (tertiary/aromatic N) is 1. The van der Waals surface area contributed by atoms with Crippen LogP contribution < -0.4 is 0 Å². The van der Waals surface area contributed by atoms with Crippen LogP contribution in [0.2, 0.25) is 0 Å². The summed E-state index contributed by atoms with van der Waals surface area (Å²) in [6.07, 6.45) is 4.57. The van der Waals surface area contributed by atoms with E-state index in [9.17, 15) is 13.6 Å². The maximum absolute atomic E-state index is 13.1. The zero-order valence-corrected chi connectivity index (χ0v) is 11.5. The van der Waals surface area contributed by atoms with Crippen LogP contribution in [0.5, 0.6) is 0 Å². The molecule has 0 N–H and O–H groups in total. The van der Waals surface area contributed by atoms with Gasteiger partial charge in [-0.2, -0.15) is 0 Å². The summed E-state index contributed by atoms with van der Waals surface area (Å²) in [5, 5.41) is 0.963. The molecule has 108 valence electrons. The molecule has 0 saturated carbocycles. The van der Waals surface area contributed by atoms with Gasteiger partial charge in [0.05, 0.1) is 5.52 Å². The number of allylic oxidation sites excluding steroid dienone is 1. The third-order valence-corrected chi connectivity index (χ3v) is 3.24. The number of hydrogen-bond donors (Lipinski definition) is 0. The molecule has 0 radical (unpaired) electrons. The van der Waals surface area contributed by atoms with E-state index in [0.717, 1.165) is 28.6 Å². The quantitative estimate of drug-likeness (QED) is 0.529. The molecule has 0 bridgehead atoms. The van der Waals surface area contributed by atoms with Crippen molar-refractivity contribution in [2.45, 2.75) is 0 Å². The molecule has 2 nitrogen and oxygen atoms in total. The number of halogens is 2. The molecule has 3 aromatic rings. The number of para-hydroxylation sites is 1. The summed E-state index contributed by atoms with van der Waals surface area (Å²) in [6.45, 7) is 0. The van der Waals surface area contributed by atoms with Gasteiger partial charge in [0.2, 0.25) is 0 Å². The van der Waals surface area contributed by atoms with Crippen molar-refractivity contribution in [3.63, 3.8) is 0 Å². The van der Waals surface area contributed by atoms with Crippen molar-refractivity contribution < 1.29 is 13.6 Å². The molecule has 1 heterocycles. The molecule has 0 aliphatic carbocycles. The lowest BCUT2D eigenvalue weighted by atomic mass is 10.1. The van der Waals surface area contributed by atoms with Crippen LogP contribution in [0, 0.1) is 11.6 Å². The molecule has 0 aliphatic heterocycles. The normalized spacial score (nSPS) is 11.2. The maximum Gasteiger partial charge on any atom is 0.185 e. The van der Waals surface area contributed by atoms with Crippen molar-refractivity contribution >= 4 is 22.8 Å². The second-order valence-electron chi connectivity index (χ2n) is 4.79. The highest BCUT2D eigenvalue weighted by molar-refractivity contribution is 6.06. The number of aromatic nitrogens is 1. The van der Waals surface area contributed by atoms with Crippen molar-refractivity contribution in [3.8, 4) is 0 Å². The lowest BCUT2D eigenvalue weighted by Crippen LogP contribution is -1.96. The molecular weight excluding hydrogens is 284 g/mol. The van der Waals surface area contributed by atoms with Crippen molar-refractivity contribution in [1.82, 2.24) is 4.98 Å². The van der Waals surface area contributed by atoms with Gasteiger partial charge in [0.25, 0.3) is 0 Å². The summed E-state index contributed by atoms with van der Waals surface area (Å²) in [4.78, 5) is 16.2. The molecule has 2 aromatic carbocycles. The van der Waals surface area contributed by atoms with Crippen LogP contribution in [-0.2, 0) is 0 Å². The van der Waals surface area contributed by atoms with E-state index in [4.69, 9.17) is 0 Å². The second-order valence-corrected chi connectivity index (χ2v) is 4.79. The Morgan fingerprint density at radius 2 is 1.82 bits per heavy atom. The fraction of sp³-hybridized carbons (Fsp3) is 0. The van der Waals surface area contributed by atoms with E-state index in [1.165, 1.54) is 12.1 Å². The Kier molecular flexibility index (Phi) is 3.74. The molecule has 3 rings (SSSR count). The first kappa shape index (κ1) is 14.1. The minimum absolute atomic E-state index is 0.101. The van der Waals surface area contributed by atoms with Crippen molar-refractivity contribution in [3.05, 3.63) is 83.6 Å². The van der Waals surface area contributed by atoms with Crippen LogP contribution >= 0.6 is 0 Å². The van der Waals surface area contributed by atoms with E-state index in [1.54, 1.807) is 12.3 Å². The Balaban J connectivity index is 1.85. The average molecular weight is 295 g/mol. The number of carbonyl (C=O) groups is 1. The SMILES string of the molecule is O=C(/C=C/c1cnc2ccccc2c1)c1ccc(F)c(F)c1. The predicted molar refractivity (Wildman–Crippen MR) is 81.5 cm³/mol. The van der Waals surface area contributed by atoms with Crippen LogP contribution in [0.1, 0.15) is 15.9 Å². The van der Waals surface area contributed by atoms with E-state index in [-0.39, 0.29) is 5.56 Å². The van der Waals surface area contributed by atoms with Gasteiger partial charge in [-0.05, 0) is 48.0 Å². The molecule has 0 unspecified atom stereocenters. The molecule has 0 aliphatic rings. The van der Waals surface area contributed by atoms with Crippen LogP contribution in [0.15, 0.2) is 60.8 Å². The van der Waals surface area contributed by atoms with Crippen molar-refractivity contribution in [2.75, 3.05) is 0 Å². The Hall–Kier alpha value is -2.88. The van der Waals surface area contributed by atoms with Crippen molar-refractivity contribution in [2.24, 2.45) is 0 Å². The lowest BCUT2D eigenvalue weighted by Gasteiger charge is -1.99. The first-order valence-corrected chi connectivity index (χ1v) is 6.66. The second kappa shape index (κ2) is 5.85. The molecule has 1 aromatic heterocycles. The number of carbonyl (C=O) groups excluding carboxylic acids is 1. The number of pyridine rings is 1. The number of benzene rings is 2. The van der Waals surface area contributed by atoms with E-state index in [1.807, 2.05) is 30.3 Å². The zero-order valence-electron chi connectivity index (χ0n) is 11.5. The summed E-state index contributed by atoms with van der Waals surface area (Å²) in [5.41, 5.74) is 1.73. The lowest BCUT2D eigenvalue weighted by molar-refractivity contribution is 0.104. The molecule has 0 atom stereocenters. The highest BCUT2D eigenvalue weighted by atomic mass is 19.2. The first-order chi connectivity index (χ1) is 10.6. The van der Waals surface area contributed by atoms with Crippen LogP contribution in [0.25, 0.3) is 17.0 Å². The zero-order chi connectivity index (χ0) is 15.5. The molecule has 0 amide bonds. The Morgan fingerprint density at radius 3 is 2.64 bits per heavy atom. The van der Waals surface area contributed by atoms with Gasteiger partial charge >= 0.3 is 0 Å². The molecule has 0 saturated heterocycles. The molecule has 0 spiro atoms. The van der Waals surface area contributed by atoms with Gasteiger partial charge in [-0.15, -0.1) is 0 Å². The van der Waals surface area contributed by atoms with Crippen LogP contribution in [0.3, 0.4) is 0 Å². The van der Waals surface area contributed by atoms with E-state index in [0.29, 0.717) is 0 Å². The minimum Gasteiger partial charge on any atom is -0.289 e.